The van der Waals surface area contributed by atoms with Crippen molar-refractivity contribution in [3.8, 4) is 11.5 Å². The Morgan fingerprint density at radius 2 is 2.12 bits per heavy atom. The van der Waals surface area contributed by atoms with E-state index in [-0.39, 0.29) is 6.03 Å². The highest BCUT2D eigenvalue weighted by atomic mass is 16.4. The van der Waals surface area contributed by atoms with Crippen LogP contribution in [0.15, 0.2) is 34.7 Å². The molecule has 0 saturated carbocycles. The maximum Gasteiger partial charge on any atom is 0.317 e. The van der Waals surface area contributed by atoms with E-state index in [4.69, 9.17) is 4.42 Å². The largest absolute Gasteiger partial charge is 0.421 e. The third-order valence-electron chi connectivity index (χ3n) is 4.52. The lowest BCUT2D eigenvalue weighted by atomic mass is 10.1. The number of hydrogen-bond donors (Lipinski definition) is 1. The third kappa shape index (κ3) is 4.57. The number of carbonyl (C=O) groups is 1. The van der Waals surface area contributed by atoms with Crippen LogP contribution >= 0.6 is 0 Å². The molecule has 2 heterocycles. The molecule has 7 nitrogen and oxygen atoms in total. The van der Waals surface area contributed by atoms with E-state index in [1.54, 1.807) is 0 Å². The zero-order chi connectivity index (χ0) is 17.6. The highest BCUT2D eigenvalue weighted by Crippen LogP contribution is 2.17. The number of hydrogen-bond acceptors (Lipinski definition) is 5. The van der Waals surface area contributed by atoms with E-state index in [0.29, 0.717) is 30.8 Å². The first kappa shape index (κ1) is 17.4. The smallest absolute Gasteiger partial charge is 0.317 e. The Kier molecular flexibility index (Phi) is 5.65. The molecule has 1 aromatic carbocycles. The molecule has 0 bridgehead atoms. The molecule has 2 aromatic rings. The molecule has 134 valence electrons. The maximum absolute atomic E-state index is 12.3. The van der Waals surface area contributed by atoms with Gasteiger partial charge in [-0.3, -0.25) is 0 Å². The summed E-state index contributed by atoms with van der Waals surface area (Å²) < 4.78 is 5.65. The number of piperidine rings is 1. The molecule has 7 heteroatoms. The molecule has 1 aromatic heterocycles. The quantitative estimate of drug-likeness (QED) is 0.899. The summed E-state index contributed by atoms with van der Waals surface area (Å²) in [6, 6.07) is 10.1. The normalized spacial score (nSPS) is 17.7. The Labute approximate surface area is 148 Å². The second-order valence-electron chi connectivity index (χ2n) is 6.55. The lowest BCUT2D eigenvalue weighted by molar-refractivity contribution is 0.140. The molecule has 0 radical (unpaired) electrons. The van der Waals surface area contributed by atoms with Crippen LogP contribution in [-0.4, -0.2) is 65.8 Å². The minimum atomic E-state index is -0.0191. The van der Waals surface area contributed by atoms with Crippen LogP contribution in [0, 0.1) is 0 Å². The average molecular weight is 343 g/mol. The van der Waals surface area contributed by atoms with E-state index in [1.165, 1.54) is 0 Å². The number of nitrogens with zero attached hydrogens (tertiary/aromatic N) is 4. The summed E-state index contributed by atoms with van der Waals surface area (Å²) in [6.07, 6.45) is 2.71. The molecule has 0 aliphatic carbocycles. The summed E-state index contributed by atoms with van der Waals surface area (Å²) in [5.41, 5.74) is 0.897. The summed E-state index contributed by atoms with van der Waals surface area (Å²) in [4.78, 5) is 16.4. The van der Waals surface area contributed by atoms with Crippen molar-refractivity contribution in [1.29, 1.82) is 0 Å². The van der Waals surface area contributed by atoms with Gasteiger partial charge in [-0.1, -0.05) is 18.2 Å². The van der Waals surface area contributed by atoms with Gasteiger partial charge in [-0.15, -0.1) is 10.2 Å². The van der Waals surface area contributed by atoms with Crippen molar-refractivity contribution >= 4 is 6.03 Å². The summed E-state index contributed by atoms with van der Waals surface area (Å²) in [5, 5.41) is 11.1. The predicted octanol–water partition coefficient (Wildman–Crippen LogP) is 2.01. The van der Waals surface area contributed by atoms with Crippen LogP contribution in [0.5, 0.6) is 0 Å². The van der Waals surface area contributed by atoms with E-state index < -0.39 is 0 Å². The lowest BCUT2D eigenvalue weighted by Gasteiger charge is -2.36. The van der Waals surface area contributed by atoms with Crippen molar-refractivity contribution in [2.45, 2.75) is 25.3 Å². The Morgan fingerprint density at radius 3 is 2.88 bits per heavy atom. The lowest BCUT2D eigenvalue weighted by Crippen LogP contribution is -2.51. The van der Waals surface area contributed by atoms with Gasteiger partial charge in [0, 0.05) is 37.7 Å². The average Bonchev–Trinajstić information content (AvgIpc) is 3.11. The Morgan fingerprint density at radius 1 is 1.32 bits per heavy atom. The second kappa shape index (κ2) is 8.11. The van der Waals surface area contributed by atoms with Crippen LogP contribution < -0.4 is 5.32 Å². The Balaban J connectivity index is 1.47. The highest BCUT2D eigenvalue weighted by molar-refractivity contribution is 5.74. The SMILES string of the molecule is CN(C)[C@H]1CCCN(C(=O)NCCc2nnc(-c3ccccc3)o2)C1. The number of rotatable bonds is 5. The van der Waals surface area contributed by atoms with Gasteiger partial charge in [-0.2, -0.15) is 0 Å². The molecule has 3 rings (SSSR count). The molecule has 1 atom stereocenters. The van der Waals surface area contributed by atoms with Gasteiger partial charge in [0.2, 0.25) is 11.8 Å². The fourth-order valence-corrected chi connectivity index (χ4v) is 3.00. The molecule has 1 aliphatic heterocycles. The maximum atomic E-state index is 12.3. The molecule has 2 amide bonds. The highest BCUT2D eigenvalue weighted by Gasteiger charge is 2.24. The van der Waals surface area contributed by atoms with E-state index >= 15 is 0 Å². The van der Waals surface area contributed by atoms with Gasteiger partial charge in [0.25, 0.3) is 0 Å². The van der Waals surface area contributed by atoms with Gasteiger partial charge in [-0.25, -0.2) is 4.79 Å². The van der Waals surface area contributed by atoms with Crippen molar-refractivity contribution in [2.24, 2.45) is 0 Å². The van der Waals surface area contributed by atoms with Crippen LogP contribution in [0.4, 0.5) is 4.79 Å². The van der Waals surface area contributed by atoms with E-state index in [1.807, 2.05) is 35.2 Å². The number of benzene rings is 1. The number of amides is 2. The zero-order valence-electron chi connectivity index (χ0n) is 14.8. The van der Waals surface area contributed by atoms with Gasteiger partial charge >= 0.3 is 6.03 Å². The van der Waals surface area contributed by atoms with E-state index in [9.17, 15) is 4.79 Å². The number of nitrogens with one attached hydrogen (secondary N) is 1. The van der Waals surface area contributed by atoms with Crippen molar-refractivity contribution in [2.75, 3.05) is 33.7 Å². The Hall–Kier alpha value is -2.41. The van der Waals surface area contributed by atoms with Crippen LogP contribution in [0.25, 0.3) is 11.5 Å². The molecular formula is C18H25N5O2. The van der Waals surface area contributed by atoms with Crippen LogP contribution in [-0.2, 0) is 6.42 Å². The van der Waals surface area contributed by atoms with Gasteiger partial charge in [0.1, 0.15) is 0 Å². The fraction of sp³-hybridized carbons (Fsp3) is 0.500. The number of carbonyl (C=O) groups excluding carboxylic acids is 1. The number of aromatic nitrogens is 2. The summed E-state index contributed by atoms with van der Waals surface area (Å²) in [5.74, 6) is 1.04. The first-order valence-electron chi connectivity index (χ1n) is 8.70. The molecule has 1 saturated heterocycles. The third-order valence-corrected chi connectivity index (χ3v) is 4.52. The standard InChI is InChI=1S/C18H25N5O2/c1-22(2)15-9-6-12-23(13-15)18(24)19-11-10-16-20-21-17(25-16)14-7-4-3-5-8-14/h3-5,7-8,15H,6,9-13H2,1-2H3,(H,19,24)/t15-/m0/s1. The minimum Gasteiger partial charge on any atom is -0.421 e. The van der Waals surface area contributed by atoms with Crippen molar-refractivity contribution in [3.63, 3.8) is 0 Å². The summed E-state index contributed by atoms with van der Waals surface area (Å²) in [7, 11) is 4.12. The first-order valence-corrected chi connectivity index (χ1v) is 8.70. The monoisotopic (exact) mass is 343 g/mol. The summed E-state index contributed by atoms with van der Waals surface area (Å²) >= 11 is 0. The molecular weight excluding hydrogens is 318 g/mol. The summed E-state index contributed by atoms with van der Waals surface area (Å²) in [6.45, 7) is 2.07. The van der Waals surface area contributed by atoms with Gasteiger partial charge in [0.05, 0.1) is 0 Å². The van der Waals surface area contributed by atoms with Gasteiger partial charge < -0.3 is 19.5 Å². The number of likely N-dealkylation sites (N-methyl/N-ethyl adjacent to an activating group) is 1. The predicted molar refractivity (Wildman–Crippen MR) is 95.1 cm³/mol. The van der Waals surface area contributed by atoms with Crippen molar-refractivity contribution in [3.05, 3.63) is 36.2 Å². The van der Waals surface area contributed by atoms with E-state index in [0.717, 1.165) is 31.5 Å². The zero-order valence-corrected chi connectivity index (χ0v) is 14.8. The molecule has 0 spiro atoms. The number of urea groups is 1. The van der Waals surface area contributed by atoms with Crippen molar-refractivity contribution < 1.29 is 9.21 Å². The molecule has 1 aliphatic rings. The molecule has 1 N–H and O–H groups in total. The topological polar surface area (TPSA) is 74.5 Å². The van der Waals surface area contributed by atoms with Crippen LogP contribution in [0.2, 0.25) is 0 Å². The number of likely N-dealkylation sites (tertiary alicyclic amines) is 1. The molecule has 1 fully saturated rings. The van der Waals surface area contributed by atoms with Crippen LogP contribution in [0.1, 0.15) is 18.7 Å². The van der Waals surface area contributed by atoms with Crippen LogP contribution in [0.3, 0.4) is 0 Å². The fourth-order valence-electron chi connectivity index (χ4n) is 3.00. The minimum absolute atomic E-state index is 0.0191. The first-order chi connectivity index (χ1) is 12.1. The van der Waals surface area contributed by atoms with E-state index in [2.05, 4.69) is 34.5 Å². The molecule has 25 heavy (non-hydrogen) atoms. The van der Waals surface area contributed by atoms with Gasteiger partial charge in [0.15, 0.2) is 0 Å². The van der Waals surface area contributed by atoms with Gasteiger partial charge in [-0.05, 0) is 39.1 Å². The van der Waals surface area contributed by atoms with Crippen molar-refractivity contribution in [1.82, 2.24) is 25.3 Å². The Bertz CT molecular complexity index is 686. The second-order valence-corrected chi connectivity index (χ2v) is 6.55. The molecule has 0 unspecified atom stereocenters.